The van der Waals surface area contributed by atoms with Crippen LogP contribution in [0.4, 0.5) is 13.2 Å². The summed E-state index contributed by atoms with van der Waals surface area (Å²) in [7, 11) is 1.54. The van der Waals surface area contributed by atoms with E-state index in [0.29, 0.717) is 6.61 Å². The molecule has 0 saturated heterocycles. The molecule has 0 fully saturated rings. The first-order valence-corrected chi connectivity index (χ1v) is 4.96. The minimum Gasteiger partial charge on any atom is -0.384 e. The fourth-order valence-electron chi connectivity index (χ4n) is 1.55. The molecule has 1 unspecified atom stereocenters. The summed E-state index contributed by atoms with van der Waals surface area (Å²) in [5.41, 5.74) is -0.325. The molecule has 0 bridgehead atoms. The van der Waals surface area contributed by atoms with Gasteiger partial charge in [-0.25, -0.2) is 0 Å². The number of methoxy groups -OCH3 is 1. The van der Waals surface area contributed by atoms with E-state index >= 15 is 0 Å². The van der Waals surface area contributed by atoms with Crippen molar-refractivity contribution in [1.29, 1.82) is 0 Å². The van der Waals surface area contributed by atoms with E-state index in [1.54, 1.807) is 0 Å². The molecule has 15 heavy (non-hydrogen) atoms. The van der Waals surface area contributed by atoms with Crippen LogP contribution >= 0.6 is 0 Å². The molecule has 0 rings (SSSR count). The summed E-state index contributed by atoms with van der Waals surface area (Å²) in [6.07, 6.45) is -2.56. The maximum absolute atomic E-state index is 11.8. The third-order valence-electron chi connectivity index (χ3n) is 2.06. The average Bonchev–Trinajstić information content (AvgIpc) is 2.01. The molecule has 0 aromatic heterocycles. The van der Waals surface area contributed by atoms with Gasteiger partial charge in [0, 0.05) is 12.5 Å². The smallest absolute Gasteiger partial charge is 0.384 e. The average molecular weight is 228 g/mol. The summed E-state index contributed by atoms with van der Waals surface area (Å²) >= 11 is 0. The molecule has 0 aliphatic heterocycles. The molecule has 0 N–H and O–H groups in total. The molecule has 92 valence electrons. The van der Waals surface area contributed by atoms with Crippen molar-refractivity contribution in [3.8, 4) is 0 Å². The predicted molar refractivity (Wildman–Crippen MR) is 51.8 cm³/mol. The van der Waals surface area contributed by atoms with E-state index in [-0.39, 0.29) is 12.0 Å². The lowest BCUT2D eigenvalue weighted by atomic mass is 9.87. The molecule has 0 aromatic rings. The molecule has 0 aliphatic rings. The molecular formula is C10H19F3O2. The van der Waals surface area contributed by atoms with Crippen LogP contribution in [0.15, 0.2) is 0 Å². The second-order valence-electron chi connectivity index (χ2n) is 4.10. The summed E-state index contributed by atoms with van der Waals surface area (Å²) in [4.78, 5) is 0. The fourth-order valence-corrected chi connectivity index (χ4v) is 1.55. The zero-order valence-corrected chi connectivity index (χ0v) is 9.49. The Labute approximate surface area is 88.7 Å². The summed E-state index contributed by atoms with van der Waals surface area (Å²) in [6.45, 7) is 3.16. The number of alkyl halides is 3. The molecule has 1 atom stereocenters. The first kappa shape index (κ1) is 14.7. The van der Waals surface area contributed by atoms with Gasteiger partial charge in [0.2, 0.25) is 0 Å². The molecule has 5 heteroatoms. The van der Waals surface area contributed by atoms with E-state index in [9.17, 15) is 13.2 Å². The Balaban J connectivity index is 3.95. The molecule has 0 heterocycles. The number of rotatable bonds is 7. The molecule has 0 aliphatic carbocycles. The Hall–Kier alpha value is -0.290. The summed E-state index contributed by atoms with van der Waals surface area (Å²) < 4.78 is 45.2. The first-order chi connectivity index (χ1) is 6.83. The molecule has 0 spiro atoms. The highest BCUT2D eigenvalue weighted by Crippen LogP contribution is 2.25. The van der Waals surface area contributed by atoms with E-state index in [2.05, 4.69) is 4.74 Å². The number of hydrogen-bond donors (Lipinski definition) is 0. The van der Waals surface area contributed by atoms with Gasteiger partial charge < -0.3 is 9.47 Å². The van der Waals surface area contributed by atoms with Crippen LogP contribution in [0, 0.1) is 5.41 Å². The lowest BCUT2D eigenvalue weighted by Crippen LogP contribution is -2.31. The Morgan fingerprint density at radius 1 is 1.07 bits per heavy atom. The van der Waals surface area contributed by atoms with Crippen LogP contribution in [0.25, 0.3) is 0 Å². The Bertz CT molecular complexity index is 163. The van der Waals surface area contributed by atoms with Crippen molar-refractivity contribution in [2.75, 3.05) is 26.9 Å². The highest BCUT2D eigenvalue weighted by molar-refractivity contribution is 4.73. The monoisotopic (exact) mass is 228 g/mol. The largest absolute Gasteiger partial charge is 0.411 e. The normalized spacial score (nSPS) is 16.4. The quantitative estimate of drug-likeness (QED) is 0.666. The van der Waals surface area contributed by atoms with E-state index in [4.69, 9.17) is 4.74 Å². The maximum atomic E-state index is 11.8. The van der Waals surface area contributed by atoms with Crippen molar-refractivity contribution >= 4 is 0 Å². The van der Waals surface area contributed by atoms with Gasteiger partial charge in [-0.1, -0.05) is 20.3 Å². The van der Waals surface area contributed by atoms with Crippen molar-refractivity contribution in [3.63, 3.8) is 0 Å². The van der Waals surface area contributed by atoms with Crippen molar-refractivity contribution < 1.29 is 22.6 Å². The van der Waals surface area contributed by atoms with Gasteiger partial charge >= 0.3 is 6.18 Å². The zero-order chi connectivity index (χ0) is 11.9. The fraction of sp³-hybridized carbons (Fsp3) is 1.00. The second-order valence-corrected chi connectivity index (χ2v) is 4.10. The second kappa shape index (κ2) is 6.33. The maximum Gasteiger partial charge on any atom is 0.411 e. The van der Waals surface area contributed by atoms with Crippen LogP contribution in [0.3, 0.4) is 0 Å². The Morgan fingerprint density at radius 3 is 2.07 bits per heavy atom. The first-order valence-electron chi connectivity index (χ1n) is 4.96. The third-order valence-corrected chi connectivity index (χ3v) is 2.06. The van der Waals surface area contributed by atoms with Gasteiger partial charge in [-0.2, -0.15) is 13.2 Å². The van der Waals surface area contributed by atoms with Gasteiger partial charge in [-0.05, 0) is 6.42 Å². The van der Waals surface area contributed by atoms with E-state index in [1.807, 2.05) is 13.8 Å². The lowest BCUT2D eigenvalue weighted by molar-refractivity contribution is -0.182. The van der Waals surface area contributed by atoms with Crippen LogP contribution in [0.5, 0.6) is 0 Å². The predicted octanol–water partition coefficient (Wildman–Crippen LogP) is 3.02. The number of ether oxygens (including phenoxy) is 2. The van der Waals surface area contributed by atoms with Crippen LogP contribution in [0.2, 0.25) is 0 Å². The minimum absolute atomic E-state index is 0.0776. The van der Waals surface area contributed by atoms with Crippen LogP contribution in [0.1, 0.15) is 26.7 Å². The van der Waals surface area contributed by atoms with Crippen molar-refractivity contribution in [3.05, 3.63) is 0 Å². The number of halogens is 3. The molecule has 0 aromatic carbocycles. The third kappa shape index (κ3) is 7.62. The Kier molecular flexibility index (Phi) is 6.20. The van der Waals surface area contributed by atoms with E-state index in [0.717, 1.165) is 12.8 Å². The molecular weight excluding hydrogens is 209 g/mol. The topological polar surface area (TPSA) is 18.5 Å². The van der Waals surface area contributed by atoms with Gasteiger partial charge in [-0.3, -0.25) is 0 Å². The standard InChI is InChI=1S/C10H19F3O2/c1-4-5-9(2,6-14-3)7-15-8-10(11,12)13/h4-8H2,1-3H3. The van der Waals surface area contributed by atoms with Gasteiger partial charge in [0.05, 0.1) is 13.2 Å². The van der Waals surface area contributed by atoms with Crippen LogP contribution < -0.4 is 0 Å². The van der Waals surface area contributed by atoms with Crippen LogP contribution in [-0.2, 0) is 9.47 Å². The van der Waals surface area contributed by atoms with E-state index in [1.165, 1.54) is 7.11 Å². The number of hydrogen-bond acceptors (Lipinski definition) is 2. The lowest BCUT2D eigenvalue weighted by Gasteiger charge is -2.28. The molecule has 0 amide bonds. The highest BCUT2D eigenvalue weighted by atomic mass is 19.4. The van der Waals surface area contributed by atoms with Crippen molar-refractivity contribution in [2.45, 2.75) is 32.9 Å². The summed E-state index contributed by atoms with van der Waals surface area (Å²) in [6, 6.07) is 0. The van der Waals surface area contributed by atoms with Gasteiger partial charge in [0.25, 0.3) is 0 Å². The molecule has 2 nitrogen and oxygen atoms in total. The van der Waals surface area contributed by atoms with E-state index < -0.39 is 12.8 Å². The van der Waals surface area contributed by atoms with Crippen molar-refractivity contribution in [1.82, 2.24) is 0 Å². The van der Waals surface area contributed by atoms with Crippen molar-refractivity contribution in [2.24, 2.45) is 5.41 Å². The van der Waals surface area contributed by atoms with Gasteiger partial charge in [0.15, 0.2) is 0 Å². The molecule has 0 radical (unpaired) electrons. The molecule has 0 saturated carbocycles. The minimum atomic E-state index is -4.25. The summed E-state index contributed by atoms with van der Waals surface area (Å²) in [5.74, 6) is 0. The van der Waals surface area contributed by atoms with Gasteiger partial charge in [-0.15, -0.1) is 0 Å². The summed E-state index contributed by atoms with van der Waals surface area (Å²) in [5, 5.41) is 0. The van der Waals surface area contributed by atoms with Gasteiger partial charge in [0.1, 0.15) is 6.61 Å². The Morgan fingerprint density at radius 2 is 1.67 bits per heavy atom. The van der Waals surface area contributed by atoms with Crippen LogP contribution in [-0.4, -0.2) is 33.1 Å². The SMILES string of the molecule is CCCC(C)(COC)COCC(F)(F)F. The highest BCUT2D eigenvalue weighted by Gasteiger charge is 2.30. The zero-order valence-electron chi connectivity index (χ0n) is 9.49.